The first-order valence-electron chi connectivity index (χ1n) is 5.20. The fourth-order valence-corrected chi connectivity index (χ4v) is 2.21. The molecule has 0 aliphatic carbocycles. The van der Waals surface area contributed by atoms with Crippen molar-refractivity contribution in [3.63, 3.8) is 0 Å². The van der Waals surface area contributed by atoms with Crippen LogP contribution in [0.3, 0.4) is 0 Å². The third-order valence-electron chi connectivity index (χ3n) is 1.32. The molecule has 0 heterocycles. The van der Waals surface area contributed by atoms with Gasteiger partial charge in [-0.05, 0) is 37.5 Å². The highest BCUT2D eigenvalue weighted by atomic mass is 32.2. The van der Waals surface area contributed by atoms with Crippen LogP contribution in [-0.4, -0.2) is 25.6 Å². The topological polar surface area (TPSA) is 27.7 Å². The molecule has 0 rings (SSSR count). The second-order valence-electron chi connectivity index (χ2n) is 2.75. The maximum Gasteiger partial charge on any atom is 0.332 e. The van der Waals surface area contributed by atoms with Crippen molar-refractivity contribution in [2.45, 2.75) is 27.7 Å². The van der Waals surface area contributed by atoms with E-state index in [0.29, 0.717) is 19.8 Å². The van der Waals surface area contributed by atoms with Gasteiger partial charge in [0.05, 0.1) is 19.8 Å². The highest BCUT2D eigenvalue weighted by Crippen LogP contribution is 2.39. The van der Waals surface area contributed by atoms with Gasteiger partial charge in [0.2, 0.25) is 0 Å². The summed E-state index contributed by atoms with van der Waals surface area (Å²) >= 11 is 1.78. The monoisotopic (exact) mass is 252 g/mol. The molecule has 0 spiro atoms. The normalized spacial score (nSPS) is 12.5. The predicted molar refractivity (Wildman–Crippen MR) is 68.0 cm³/mol. The smallest absolute Gasteiger partial charge is 0.313 e. The fourth-order valence-electron chi connectivity index (χ4n) is 0.737. The molecule has 0 radical (unpaired) electrons. The lowest BCUT2D eigenvalue weighted by Crippen LogP contribution is -1.97. The summed E-state index contributed by atoms with van der Waals surface area (Å²) in [5, 5.41) is 2.12. The van der Waals surface area contributed by atoms with Crippen LogP contribution in [0, 0.1) is 0 Å². The van der Waals surface area contributed by atoms with Gasteiger partial charge in [-0.25, -0.2) is 0 Å². The lowest BCUT2D eigenvalue weighted by Gasteiger charge is -2.14. The Morgan fingerprint density at radius 3 is 2.20 bits per heavy atom. The van der Waals surface area contributed by atoms with Crippen LogP contribution in [0.2, 0.25) is 0 Å². The van der Waals surface area contributed by atoms with E-state index in [1.54, 1.807) is 11.8 Å². The van der Waals surface area contributed by atoms with Crippen LogP contribution >= 0.6 is 20.4 Å². The highest BCUT2D eigenvalue weighted by molar-refractivity contribution is 8.02. The van der Waals surface area contributed by atoms with Crippen LogP contribution in [-0.2, 0) is 13.6 Å². The van der Waals surface area contributed by atoms with Crippen LogP contribution in [0.1, 0.15) is 27.7 Å². The van der Waals surface area contributed by atoms with Gasteiger partial charge in [0, 0.05) is 0 Å². The molecule has 0 aliphatic rings. The minimum Gasteiger partial charge on any atom is -0.313 e. The van der Waals surface area contributed by atoms with Gasteiger partial charge in [0.1, 0.15) is 0 Å². The summed E-state index contributed by atoms with van der Waals surface area (Å²) in [5.74, 6) is 1.09. The Kier molecular flexibility index (Phi) is 11.2. The number of thioether (sulfide) groups is 1. The summed E-state index contributed by atoms with van der Waals surface area (Å²) < 4.78 is 16.2. The van der Waals surface area contributed by atoms with Crippen molar-refractivity contribution in [3.8, 4) is 0 Å². The van der Waals surface area contributed by atoms with Crippen LogP contribution in [0.5, 0.6) is 0 Å². The van der Waals surface area contributed by atoms with E-state index < -0.39 is 8.60 Å². The zero-order chi connectivity index (χ0) is 11.5. The Hall–Kier alpha value is 0.400. The zero-order valence-electron chi connectivity index (χ0n) is 9.99. The Morgan fingerprint density at radius 1 is 1.13 bits per heavy atom. The molecular weight excluding hydrogens is 231 g/mol. The molecule has 0 saturated heterocycles. The van der Waals surface area contributed by atoms with Gasteiger partial charge in [-0.1, -0.05) is 6.92 Å². The van der Waals surface area contributed by atoms with E-state index in [1.165, 1.54) is 5.57 Å². The van der Waals surface area contributed by atoms with Crippen molar-refractivity contribution >= 4 is 20.4 Å². The first-order valence-corrected chi connectivity index (χ1v) is 7.35. The minimum atomic E-state index is -1.16. The Bertz CT molecular complexity index is 170. The van der Waals surface area contributed by atoms with Crippen LogP contribution in [0.25, 0.3) is 0 Å². The van der Waals surface area contributed by atoms with Crippen LogP contribution < -0.4 is 0 Å². The molecule has 0 N–H and O–H groups in total. The van der Waals surface area contributed by atoms with Crippen molar-refractivity contribution in [2.75, 3.05) is 25.6 Å². The quantitative estimate of drug-likeness (QED) is 0.580. The molecule has 15 heavy (non-hydrogen) atoms. The van der Waals surface area contributed by atoms with Crippen LogP contribution in [0.15, 0.2) is 11.0 Å². The minimum absolute atomic E-state index is 0.582. The highest BCUT2D eigenvalue weighted by Gasteiger charge is 2.10. The largest absolute Gasteiger partial charge is 0.332 e. The first kappa shape index (κ1) is 15.4. The van der Waals surface area contributed by atoms with E-state index in [-0.39, 0.29) is 0 Å². The van der Waals surface area contributed by atoms with Gasteiger partial charge >= 0.3 is 8.60 Å². The molecule has 0 aliphatic heterocycles. The van der Waals surface area contributed by atoms with E-state index in [1.807, 2.05) is 20.8 Å². The van der Waals surface area contributed by atoms with Crippen molar-refractivity contribution in [3.05, 3.63) is 11.0 Å². The molecular formula is C10H21O3PS. The SMILES string of the molecule is CCOP(OCC)OC/C(C)=C/SCC. The van der Waals surface area contributed by atoms with Gasteiger partial charge in [-0.15, -0.1) is 11.8 Å². The van der Waals surface area contributed by atoms with E-state index in [0.717, 1.165) is 5.75 Å². The van der Waals surface area contributed by atoms with E-state index in [2.05, 4.69) is 12.3 Å². The molecule has 0 fully saturated rings. The van der Waals surface area contributed by atoms with Gasteiger partial charge < -0.3 is 13.6 Å². The second kappa shape index (κ2) is 10.9. The Morgan fingerprint density at radius 2 is 1.73 bits per heavy atom. The molecule has 0 atom stereocenters. The molecule has 0 unspecified atom stereocenters. The first-order chi connectivity index (χ1) is 7.24. The third-order valence-corrected chi connectivity index (χ3v) is 3.50. The number of hydrogen-bond donors (Lipinski definition) is 0. The Labute approximate surface area is 98.6 Å². The molecule has 0 amide bonds. The molecule has 3 nitrogen and oxygen atoms in total. The average molecular weight is 252 g/mol. The van der Waals surface area contributed by atoms with Crippen molar-refractivity contribution in [2.24, 2.45) is 0 Å². The molecule has 0 aromatic heterocycles. The summed E-state index contributed by atoms with van der Waals surface area (Å²) in [7, 11) is -1.16. The van der Waals surface area contributed by atoms with Crippen LogP contribution in [0.4, 0.5) is 0 Å². The van der Waals surface area contributed by atoms with Gasteiger partial charge in [-0.2, -0.15) is 0 Å². The lowest BCUT2D eigenvalue weighted by atomic mass is 10.4. The standard InChI is InChI=1S/C10H21O3PS/c1-5-11-14(12-6-2)13-8-10(4)9-15-7-3/h9H,5-8H2,1-4H3/b10-9+. The summed E-state index contributed by atoms with van der Waals surface area (Å²) in [6, 6.07) is 0. The second-order valence-corrected chi connectivity index (χ2v) is 5.12. The molecule has 0 aromatic carbocycles. The average Bonchev–Trinajstić information content (AvgIpc) is 2.23. The summed E-state index contributed by atoms with van der Waals surface area (Å²) in [6.45, 7) is 9.88. The van der Waals surface area contributed by atoms with Crippen molar-refractivity contribution in [1.82, 2.24) is 0 Å². The fraction of sp³-hybridized carbons (Fsp3) is 0.800. The third kappa shape index (κ3) is 9.34. The van der Waals surface area contributed by atoms with Crippen molar-refractivity contribution in [1.29, 1.82) is 0 Å². The van der Waals surface area contributed by atoms with E-state index >= 15 is 0 Å². The predicted octanol–water partition coefficient (Wildman–Crippen LogP) is 3.96. The maximum atomic E-state index is 5.52. The summed E-state index contributed by atoms with van der Waals surface area (Å²) in [5.41, 5.74) is 1.20. The maximum absolute atomic E-state index is 5.52. The van der Waals surface area contributed by atoms with E-state index in [4.69, 9.17) is 13.6 Å². The van der Waals surface area contributed by atoms with Gasteiger partial charge in [-0.3, -0.25) is 0 Å². The Balaban J connectivity index is 3.76. The van der Waals surface area contributed by atoms with Gasteiger partial charge in [0.15, 0.2) is 0 Å². The molecule has 0 bridgehead atoms. The van der Waals surface area contributed by atoms with Crippen molar-refractivity contribution < 1.29 is 13.6 Å². The molecule has 0 saturated carbocycles. The molecule has 90 valence electrons. The zero-order valence-corrected chi connectivity index (χ0v) is 11.7. The lowest BCUT2D eigenvalue weighted by molar-refractivity contribution is 0.179. The summed E-state index contributed by atoms with van der Waals surface area (Å²) in [6.07, 6.45) is 0. The summed E-state index contributed by atoms with van der Waals surface area (Å²) in [4.78, 5) is 0. The number of hydrogen-bond acceptors (Lipinski definition) is 4. The van der Waals surface area contributed by atoms with E-state index in [9.17, 15) is 0 Å². The molecule has 0 aromatic rings. The van der Waals surface area contributed by atoms with Gasteiger partial charge in [0.25, 0.3) is 0 Å². The molecule has 5 heteroatoms. The number of rotatable bonds is 9.